The molecule has 0 unspecified atom stereocenters. The molecule has 0 bridgehead atoms. The number of hydrogen-bond donors (Lipinski definition) is 1. The van der Waals surface area contributed by atoms with Gasteiger partial charge in [0, 0.05) is 24.9 Å². The highest BCUT2D eigenvalue weighted by molar-refractivity contribution is 6.31. The number of carbonyl (C=O) groups excluding carboxylic acids is 1. The molecule has 0 radical (unpaired) electrons. The number of nitrogens with zero attached hydrogens (tertiary/aromatic N) is 2. The molecule has 5 nitrogen and oxygen atoms in total. The number of aliphatic carboxylic acids is 1. The molecule has 1 aliphatic heterocycles. The van der Waals surface area contributed by atoms with Gasteiger partial charge in [0.2, 0.25) is 0 Å². The van der Waals surface area contributed by atoms with Crippen LogP contribution < -0.4 is 0 Å². The van der Waals surface area contributed by atoms with E-state index in [1.165, 1.54) is 10.5 Å². The fourth-order valence-corrected chi connectivity index (χ4v) is 3.01. The second-order valence-electron chi connectivity index (χ2n) is 5.66. The van der Waals surface area contributed by atoms with Crippen molar-refractivity contribution in [1.82, 2.24) is 9.88 Å². The highest BCUT2D eigenvalue weighted by atomic mass is 16.4. The summed E-state index contributed by atoms with van der Waals surface area (Å²) in [6.45, 7) is 0.841. The van der Waals surface area contributed by atoms with Gasteiger partial charge in [0.15, 0.2) is 0 Å². The zero-order chi connectivity index (χ0) is 16.9. The lowest BCUT2D eigenvalue weighted by Crippen LogP contribution is -2.40. The van der Waals surface area contributed by atoms with E-state index in [9.17, 15) is 9.59 Å². The number of carbonyl (C=O) groups is 2. The maximum absolute atomic E-state index is 11.6. The lowest BCUT2D eigenvalue weighted by molar-refractivity contribution is -0.156. The Morgan fingerprint density at radius 3 is 2.21 bits per heavy atom. The summed E-state index contributed by atoms with van der Waals surface area (Å²) in [4.78, 5) is 28.3. The molecule has 0 atom stereocenters. The average Bonchev–Trinajstić information content (AvgIpc) is 2.64. The molecule has 1 saturated heterocycles. The summed E-state index contributed by atoms with van der Waals surface area (Å²) in [5, 5.41) is 8.85. The highest BCUT2D eigenvalue weighted by Gasteiger charge is 2.26. The van der Waals surface area contributed by atoms with Crippen LogP contribution in [0.25, 0.3) is 5.57 Å². The first-order valence-electron chi connectivity index (χ1n) is 7.88. The second-order valence-corrected chi connectivity index (χ2v) is 5.66. The third-order valence-corrected chi connectivity index (χ3v) is 4.17. The standard InChI is InChI=1S/C19H18N2O3/c22-18(19(23)24)21-12-9-15(10-13-21)17(14-6-2-1-3-7-14)16-8-4-5-11-20-16/h1-8,11H,9-10,12-13H2,(H,23,24). The first-order chi connectivity index (χ1) is 11.7. The summed E-state index contributed by atoms with van der Waals surface area (Å²) in [5.41, 5.74) is 4.27. The van der Waals surface area contributed by atoms with Crippen LogP contribution in [-0.2, 0) is 9.59 Å². The topological polar surface area (TPSA) is 70.5 Å². The predicted molar refractivity (Wildman–Crippen MR) is 90.2 cm³/mol. The molecule has 122 valence electrons. The fourth-order valence-electron chi connectivity index (χ4n) is 3.01. The highest BCUT2D eigenvalue weighted by Crippen LogP contribution is 2.31. The molecule has 0 spiro atoms. The number of piperidine rings is 1. The molecule has 1 aromatic heterocycles. The van der Waals surface area contributed by atoms with Crippen molar-refractivity contribution in [3.8, 4) is 0 Å². The minimum atomic E-state index is -1.39. The van der Waals surface area contributed by atoms with Gasteiger partial charge in [-0.1, -0.05) is 42.0 Å². The summed E-state index contributed by atoms with van der Waals surface area (Å²) >= 11 is 0. The van der Waals surface area contributed by atoms with Crippen molar-refractivity contribution < 1.29 is 14.7 Å². The number of likely N-dealkylation sites (tertiary alicyclic amines) is 1. The van der Waals surface area contributed by atoms with Gasteiger partial charge in [0.1, 0.15) is 0 Å². The van der Waals surface area contributed by atoms with Crippen LogP contribution in [0.15, 0.2) is 60.3 Å². The van der Waals surface area contributed by atoms with E-state index in [-0.39, 0.29) is 0 Å². The average molecular weight is 322 g/mol. The zero-order valence-electron chi connectivity index (χ0n) is 13.2. The lowest BCUT2D eigenvalue weighted by Gasteiger charge is -2.28. The third-order valence-electron chi connectivity index (χ3n) is 4.17. The van der Waals surface area contributed by atoms with Gasteiger partial charge in [0.25, 0.3) is 0 Å². The van der Waals surface area contributed by atoms with Gasteiger partial charge in [-0.05, 0) is 30.5 Å². The Kier molecular flexibility index (Phi) is 4.70. The van der Waals surface area contributed by atoms with E-state index in [0.717, 1.165) is 16.8 Å². The molecule has 0 aliphatic carbocycles. The van der Waals surface area contributed by atoms with E-state index in [0.29, 0.717) is 25.9 Å². The summed E-state index contributed by atoms with van der Waals surface area (Å²) in [7, 11) is 0. The third kappa shape index (κ3) is 3.35. The molecule has 2 heterocycles. The summed E-state index contributed by atoms with van der Waals surface area (Å²) in [6, 6.07) is 15.9. The monoisotopic (exact) mass is 322 g/mol. The summed E-state index contributed by atoms with van der Waals surface area (Å²) in [6.07, 6.45) is 3.07. The Labute approximate surface area is 140 Å². The molecular formula is C19H18N2O3. The molecule has 2 aromatic rings. The molecule has 24 heavy (non-hydrogen) atoms. The molecule has 5 heteroatoms. The smallest absolute Gasteiger partial charge is 0.394 e. The number of pyridine rings is 1. The van der Waals surface area contributed by atoms with Crippen molar-refractivity contribution in [2.24, 2.45) is 0 Å². The Morgan fingerprint density at radius 1 is 0.958 bits per heavy atom. The van der Waals surface area contributed by atoms with Crippen molar-refractivity contribution in [3.05, 3.63) is 71.6 Å². The minimum Gasteiger partial charge on any atom is -0.474 e. The van der Waals surface area contributed by atoms with Gasteiger partial charge < -0.3 is 10.0 Å². The fraction of sp³-hybridized carbons (Fsp3) is 0.211. The van der Waals surface area contributed by atoms with E-state index in [4.69, 9.17) is 5.11 Å². The van der Waals surface area contributed by atoms with Crippen LogP contribution in [0.4, 0.5) is 0 Å². The number of amides is 1. The number of hydrogen-bond acceptors (Lipinski definition) is 3. The largest absolute Gasteiger partial charge is 0.474 e. The van der Waals surface area contributed by atoms with E-state index in [2.05, 4.69) is 4.98 Å². The SMILES string of the molecule is O=C(O)C(=O)N1CCC(=C(c2ccccc2)c2ccccn2)CC1. The van der Waals surface area contributed by atoms with Crippen LogP contribution in [0.3, 0.4) is 0 Å². The van der Waals surface area contributed by atoms with Crippen LogP contribution in [0.2, 0.25) is 0 Å². The van der Waals surface area contributed by atoms with Crippen molar-refractivity contribution in [2.75, 3.05) is 13.1 Å². The van der Waals surface area contributed by atoms with Crippen molar-refractivity contribution in [3.63, 3.8) is 0 Å². The number of carboxylic acids is 1. The summed E-state index contributed by atoms with van der Waals surface area (Å²) in [5.74, 6) is -2.22. The molecule has 3 rings (SSSR count). The minimum absolute atomic E-state index is 0.420. The molecule has 1 amide bonds. The maximum Gasteiger partial charge on any atom is 0.394 e. The Balaban J connectivity index is 1.94. The number of aromatic nitrogens is 1. The van der Waals surface area contributed by atoms with E-state index in [1.54, 1.807) is 6.20 Å². The van der Waals surface area contributed by atoms with Gasteiger partial charge in [0.05, 0.1) is 5.69 Å². The molecular weight excluding hydrogens is 304 g/mol. The van der Waals surface area contributed by atoms with Crippen LogP contribution >= 0.6 is 0 Å². The van der Waals surface area contributed by atoms with Gasteiger partial charge in [-0.3, -0.25) is 9.78 Å². The van der Waals surface area contributed by atoms with Crippen molar-refractivity contribution in [1.29, 1.82) is 0 Å². The first kappa shape index (κ1) is 15.9. The first-order valence-corrected chi connectivity index (χ1v) is 7.88. The van der Waals surface area contributed by atoms with E-state index < -0.39 is 11.9 Å². The lowest BCUT2D eigenvalue weighted by atomic mass is 9.90. The predicted octanol–water partition coefficient (Wildman–Crippen LogP) is 2.59. The molecule has 1 N–H and O–H groups in total. The Hall–Kier alpha value is -2.95. The molecule has 1 aromatic carbocycles. The number of benzene rings is 1. The van der Waals surface area contributed by atoms with Crippen LogP contribution in [0.1, 0.15) is 24.1 Å². The molecule has 1 fully saturated rings. The molecule has 0 saturated carbocycles. The van der Waals surface area contributed by atoms with Gasteiger partial charge in [-0.25, -0.2) is 4.79 Å². The van der Waals surface area contributed by atoms with Crippen LogP contribution in [0.5, 0.6) is 0 Å². The molecule has 1 aliphatic rings. The van der Waals surface area contributed by atoms with Gasteiger partial charge >= 0.3 is 11.9 Å². The van der Waals surface area contributed by atoms with Crippen LogP contribution in [0, 0.1) is 0 Å². The van der Waals surface area contributed by atoms with Crippen molar-refractivity contribution >= 4 is 17.4 Å². The van der Waals surface area contributed by atoms with Gasteiger partial charge in [-0.15, -0.1) is 0 Å². The van der Waals surface area contributed by atoms with Gasteiger partial charge in [-0.2, -0.15) is 0 Å². The normalized spacial score (nSPS) is 14.3. The van der Waals surface area contributed by atoms with Crippen LogP contribution in [-0.4, -0.2) is 40.0 Å². The maximum atomic E-state index is 11.6. The Bertz CT molecular complexity index is 718. The summed E-state index contributed by atoms with van der Waals surface area (Å²) < 4.78 is 0. The Morgan fingerprint density at radius 2 is 1.62 bits per heavy atom. The van der Waals surface area contributed by atoms with E-state index in [1.807, 2.05) is 48.5 Å². The number of carboxylic acid groups (broad SMARTS) is 1. The van der Waals surface area contributed by atoms with E-state index >= 15 is 0 Å². The quantitative estimate of drug-likeness (QED) is 0.863. The van der Waals surface area contributed by atoms with Crippen molar-refractivity contribution in [2.45, 2.75) is 12.8 Å². The number of rotatable bonds is 2. The zero-order valence-corrected chi connectivity index (χ0v) is 13.2. The second kappa shape index (κ2) is 7.08.